The number of hydrogen-bond donors (Lipinski definition) is 1. The SMILES string of the molecule is Cc1c(Cl)cccc1S(=O)(=O)NC(C)c1nc(-c2ccc(F)cc2)no1. The van der Waals surface area contributed by atoms with Gasteiger partial charge in [-0.05, 0) is 55.8 Å². The Bertz CT molecular complexity index is 1040. The molecule has 0 saturated carbocycles. The van der Waals surface area contributed by atoms with Crippen molar-refractivity contribution in [3.8, 4) is 11.4 Å². The van der Waals surface area contributed by atoms with Crippen molar-refractivity contribution < 1.29 is 17.3 Å². The van der Waals surface area contributed by atoms with E-state index < -0.39 is 16.1 Å². The van der Waals surface area contributed by atoms with Gasteiger partial charge in [-0.2, -0.15) is 9.71 Å². The first kappa shape index (κ1) is 18.5. The van der Waals surface area contributed by atoms with Gasteiger partial charge in [-0.15, -0.1) is 0 Å². The first-order valence-electron chi connectivity index (χ1n) is 7.65. The molecule has 136 valence electrons. The van der Waals surface area contributed by atoms with E-state index in [4.69, 9.17) is 16.1 Å². The second kappa shape index (κ2) is 7.14. The number of sulfonamides is 1. The van der Waals surface area contributed by atoms with E-state index in [-0.39, 0.29) is 22.4 Å². The van der Waals surface area contributed by atoms with Crippen LogP contribution in [0.1, 0.15) is 24.4 Å². The minimum absolute atomic E-state index is 0.0788. The van der Waals surface area contributed by atoms with Gasteiger partial charge >= 0.3 is 0 Å². The molecule has 3 aromatic rings. The van der Waals surface area contributed by atoms with Crippen LogP contribution in [0.5, 0.6) is 0 Å². The number of rotatable bonds is 5. The Hall–Kier alpha value is -2.29. The molecule has 0 aliphatic carbocycles. The van der Waals surface area contributed by atoms with Crippen molar-refractivity contribution in [1.82, 2.24) is 14.9 Å². The molecule has 0 aliphatic heterocycles. The van der Waals surface area contributed by atoms with Gasteiger partial charge in [-0.1, -0.05) is 22.8 Å². The van der Waals surface area contributed by atoms with E-state index in [0.29, 0.717) is 16.1 Å². The number of aromatic nitrogens is 2. The fraction of sp³-hybridized carbons (Fsp3) is 0.176. The molecule has 1 unspecified atom stereocenters. The molecule has 26 heavy (non-hydrogen) atoms. The summed E-state index contributed by atoms with van der Waals surface area (Å²) in [5, 5.41) is 4.17. The predicted octanol–water partition coefficient (Wildman–Crippen LogP) is 3.88. The number of halogens is 2. The van der Waals surface area contributed by atoms with Crippen LogP contribution in [0.4, 0.5) is 4.39 Å². The van der Waals surface area contributed by atoms with Gasteiger partial charge in [-0.3, -0.25) is 0 Å². The van der Waals surface area contributed by atoms with Crippen molar-refractivity contribution in [2.75, 3.05) is 0 Å². The molecule has 0 fully saturated rings. The highest BCUT2D eigenvalue weighted by Gasteiger charge is 2.24. The fourth-order valence-corrected chi connectivity index (χ4v) is 4.05. The Morgan fingerprint density at radius 1 is 1.19 bits per heavy atom. The van der Waals surface area contributed by atoms with Crippen molar-refractivity contribution in [1.29, 1.82) is 0 Å². The Balaban J connectivity index is 1.83. The van der Waals surface area contributed by atoms with E-state index >= 15 is 0 Å². The highest BCUT2D eigenvalue weighted by atomic mass is 35.5. The lowest BCUT2D eigenvalue weighted by Crippen LogP contribution is -2.27. The van der Waals surface area contributed by atoms with Gasteiger partial charge in [0.25, 0.3) is 0 Å². The summed E-state index contributed by atoms with van der Waals surface area (Å²) in [5.41, 5.74) is 1.01. The Morgan fingerprint density at radius 3 is 2.58 bits per heavy atom. The average molecular weight is 396 g/mol. The lowest BCUT2D eigenvalue weighted by Gasteiger charge is -2.13. The third kappa shape index (κ3) is 3.77. The van der Waals surface area contributed by atoms with Crippen LogP contribution in [-0.2, 0) is 10.0 Å². The lowest BCUT2D eigenvalue weighted by molar-refractivity contribution is 0.354. The Morgan fingerprint density at radius 2 is 1.88 bits per heavy atom. The molecule has 9 heteroatoms. The number of nitrogens with one attached hydrogen (secondary N) is 1. The molecule has 0 saturated heterocycles. The summed E-state index contributed by atoms with van der Waals surface area (Å²) in [4.78, 5) is 4.25. The Labute approximate surface area is 155 Å². The summed E-state index contributed by atoms with van der Waals surface area (Å²) in [6, 6.07) is 9.45. The summed E-state index contributed by atoms with van der Waals surface area (Å²) >= 11 is 6.00. The maximum Gasteiger partial charge on any atom is 0.244 e. The van der Waals surface area contributed by atoms with Crippen LogP contribution in [0.2, 0.25) is 5.02 Å². The molecule has 1 atom stereocenters. The minimum atomic E-state index is -3.83. The third-order valence-corrected chi connectivity index (χ3v) is 5.85. The summed E-state index contributed by atoms with van der Waals surface area (Å²) < 4.78 is 45.8. The molecule has 1 N–H and O–H groups in total. The van der Waals surface area contributed by atoms with E-state index in [9.17, 15) is 12.8 Å². The molecule has 1 heterocycles. The molecule has 3 rings (SSSR count). The molecule has 0 spiro atoms. The van der Waals surface area contributed by atoms with Gasteiger partial charge in [-0.25, -0.2) is 12.8 Å². The zero-order chi connectivity index (χ0) is 18.9. The highest BCUT2D eigenvalue weighted by molar-refractivity contribution is 7.89. The van der Waals surface area contributed by atoms with Crippen LogP contribution < -0.4 is 4.72 Å². The molecule has 1 aromatic heterocycles. The smallest absolute Gasteiger partial charge is 0.244 e. The molecule has 0 radical (unpaired) electrons. The van der Waals surface area contributed by atoms with Crippen molar-refractivity contribution in [3.63, 3.8) is 0 Å². The maximum atomic E-state index is 13.0. The molecule has 0 aliphatic rings. The number of nitrogens with zero attached hydrogens (tertiary/aromatic N) is 2. The first-order chi connectivity index (χ1) is 12.3. The van der Waals surface area contributed by atoms with Crippen LogP contribution in [0.15, 0.2) is 51.9 Å². The average Bonchev–Trinajstić information content (AvgIpc) is 3.07. The zero-order valence-electron chi connectivity index (χ0n) is 13.9. The lowest BCUT2D eigenvalue weighted by atomic mass is 10.2. The maximum absolute atomic E-state index is 13.0. The summed E-state index contributed by atoms with van der Waals surface area (Å²) in [6.07, 6.45) is 0. The molecule has 0 amide bonds. The Kier molecular flexibility index (Phi) is 5.08. The molecular weight excluding hydrogens is 381 g/mol. The number of benzene rings is 2. The van der Waals surface area contributed by atoms with Gasteiger partial charge in [0.1, 0.15) is 5.82 Å². The van der Waals surface area contributed by atoms with E-state index in [0.717, 1.165) is 0 Å². The van der Waals surface area contributed by atoms with Crippen molar-refractivity contribution in [2.45, 2.75) is 24.8 Å². The van der Waals surface area contributed by atoms with Crippen molar-refractivity contribution >= 4 is 21.6 Å². The number of hydrogen-bond acceptors (Lipinski definition) is 5. The molecule has 6 nitrogen and oxygen atoms in total. The van der Waals surface area contributed by atoms with Gasteiger partial charge < -0.3 is 4.52 Å². The van der Waals surface area contributed by atoms with Crippen LogP contribution in [0.3, 0.4) is 0 Å². The van der Waals surface area contributed by atoms with Crippen LogP contribution in [0.25, 0.3) is 11.4 Å². The van der Waals surface area contributed by atoms with Crippen molar-refractivity contribution in [2.24, 2.45) is 0 Å². The van der Waals surface area contributed by atoms with E-state index in [1.807, 2.05) is 0 Å². The molecule has 0 bridgehead atoms. The molecular formula is C17H15ClFN3O3S. The van der Waals surface area contributed by atoms with Gasteiger partial charge in [0, 0.05) is 10.6 Å². The van der Waals surface area contributed by atoms with Gasteiger partial charge in [0.05, 0.1) is 10.9 Å². The second-order valence-electron chi connectivity index (χ2n) is 5.67. The van der Waals surface area contributed by atoms with Crippen molar-refractivity contribution in [3.05, 3.63) is 64.8 Å². The third-order valence-electron chi connectivity index (χ3n) is 3.75. The summed E-state index contributed by atoms with van der Waals surface area (Å²) in [5.74, 6) is -0.0481. The fourth-order valence-electron chi connectivity index (χ4n) is 2.35. The first-order valence-corrected chi connectivity index (χ1v) is 9.51. The quantitative estimate of drug-likeness (QED) is 0.708. The molecule has 2 aromatic carbocycles. The second-order valence-corrected chi connectivity index (χ2v) is 7.76. The topological polar surface area (TPSA) is 85.1 Å². The van der Waals surface area contributed by atoms with E-state index in [1.165, 1.54) is 30.3 Å². The van der Waals surface area contributed by atoms with E-state index in [1.54, 1.807) is 26.0 Å². The largest absolute Gasteiger partial charge is 0.337 e. The predicted molar refractivity (Wildman–Crippen MR) is 94.6 cm³/mol. The highest BCUT2D eigenvalue weighted by Crippen LogP contribution is 2.25. The van der Waals surface area contributed by atoms with Crippen LogP contribution >= 0.6 is 11.6 Å². The summed E-state index contributed by atoms with van der Waals surface area (Å²) in [6.45, 7) is 3.21. The van der Waals surface area contributed by atoms with E-state index in [2.05, 4.69) is 14.9 Å². The normalized spacial score (nSPS) is 12.9. The monoisotopic (exact) mass is 395 g/mol. The standard InChI is InChI=1S/C17H15ClFN3O3S/c1-10-14(18)4-3-5-15(10)26(23,24)22-11(2)17-20-16(21-25-17)12-6-8-13(19)9-7-12/h3-9,11,22H,1-2H3. The van der Waals surface area contributed by atoms with Crippen LogP contribution in [-0.4, -0.2) is 18.6 Å². The zero-order valence-corrected chi connectivity index (χ0v) is 15.5. The van der Waals surface area contributed by atoms with Gasteiger partial charge in [0.2, 0.25) is 21.7 Å². The summed E-state index contributed by atoms with van der Waals surface area (Å²) in [7, 11) is -3.83. The minimum Gasteiger partial charge on any atom is -0.337 e. The van der Waals surface area contributed by atoms with Gasteiger partial charge in [0.15, 0.2) is 0 Å². The van der Waals surface area contributed by atoms with Crippen LogP contribution in [0, 0.1) is 12.7 Å².